The first-order valence-electron chi connectivity index (χ1n) is 8.99. The number of hydrogen-bond acceptors (Lipinski definition) is 4. The summed E-state index contributed by atoms with van der Waals surface area (Å²) in [7, 11) is 0. The molecule has 0 bridgehead atoms. The number of morpholine rings is 1. The van der Waals surface area contributed by atoms with Crippen molar-refractivity contribution < 1.29 is 4.74 Å². The number of ether oxygens (including phenoxy) is 1. The lowest BCUT2D eigenvalue weighted by Crippen LogP contribution is -2.36. The first-order chi connectivity index (χ1) is 12.4. The minimum atomic E-state index is 0. The molecule has 1 saturated heterocycles. The summed E-state index contributed by atoms with van der Waals surface area (Å²) in [5.74, 6) is 0. The Bertz CT molecular complexity index is 787. The van der Waals surface area contributed by atoms with Gasteiger partial charge >= 0.3 is 0 Å². The molecule has 2 aliphatic heterocycles. The molecule has 6 heteroatoms. The average Bonchev–Trinajstić information content (AvgIpc) is 2.70. The molecule has 4 nitrogen and oxygen atoms in total. The predicted molar refractivity (Wildman–Crippen MR) is 117 cm³/mol. The third kappa shape index (κ3) is 5.10. The summed E-state index contributed by atoms with van der Waals surface area (Å²) in [6.45, 7) is 4.39. The molecule has 1 aromatic carbocycles. The van der Waals surface area contributed by atoms with Crippen LogP contribution in [0.3, 0.4) is 0 Å². The number of pyridine rings is 1. The SMILES string of the molecule is C(=C1CCCN=C1c1cccnc1)c1ccccc1N1CCOCC1.Cl.Cl. The van der Waals surface area contributed by atoms with Crippen LogP contribution in [-0.2, 0) is 4.74 Å². The zero-order valence-electron chi connectivity index (χ0n) is 15.2. The summed E-state index contributed by atoms with van der Waals surface area (Å²) in [5, 5.41) is 0. The topological polar surface area (TPSA) is 37.7 Å². The number of nitrogens with zero attached hydrogens (tertiary/aromatic N) is 3. The zero-order chi connectivity index (χ0) is 16.9. The van der Waals surface area contributed by atoms with Crippen molar-refractivity contribution in [3.8, 4) is 0 Å². The van der Waals surface area contributed by atoms with Gasteiger partial charge in [0.1, 0.15) is 0 Å². The molecule has 0 aliphatic carbocycles. The van der Waals surface area contributed by atoms with Gasteiger partial charge in [-0.3, -0.25) is 9.98 Å². The molecule has 0 radical (unpaired) electrons. The van der Waals surface area contributed by atoms with E-state index in [0.29, 0.717) is 0 Å². The quantitative estimate of drug-likeness (QED) is 0.757. The van der Waals surface area contributed by atoms with Crippen LogP contribution >= 0.6 is 24.8 Å². The van der Waals surface area contributed by atoms with Crippen molar-refractivity contribution in [3.63, 3.8) is 0 Å². The normalized spacial score (nSPS) is 18.3. The van der Waals surface area contributed by atoms with E-state index in [9.17, 15) is 0 Å². The Morgan fingerprint density at radius 1 is 1.00 bits per heavy atom. The Kier molecular flexibility index (Phi) is 8.29. The first-order valence-corrected chi connectivity index (χ1v) is 8.99. The molecule has 0 saturated carbocycles. The van der Waals surface area contributed by atoms with Crippen LogP contribution in [0.2, 0.25) is 0 Å². The van der Waals surface area contributed by atoms with E-state index in [4.69, 9.17) is 9.73 Å². The highest BCUT2D eigenvalue weighted by molar-refractivity contribution is 6.15. The van der Waals surface area contributed by atoms with Gasteiger partial charge in [-0.2, -0.15) is 0 Å². The molecule has 1 aromatic heterocycles. The second-order valence-electron chi connectivity index (χ2n) is 6.40. The van der Waals surface area contributed by atoms with Gasteiger partial charge < -0.3 is 9.64 Å². The van der Waals surface area contributed by atoms with Crippen LogP contribution in [0.4, 0.5) is 5.69 Å². The van der Waals surface area contributed by atoms with Crippen LogP contribution in [0.1, 0.15) is 24.0 Å². The van der Waals surface area contributed by atoms with E-state index >= 15 is 0 Å². The third-order valence-electron chi connectivity index (χ3n) is 4.73. The van der Waals surface area contributed by atoms with Crippen molar-refractivity contribution in [1.29, 1.82) is 0 Å². The number of benzene rings is 1. The van der Waals surface area contributed by atoms with Crippen molar-refractivity contribution in [3.05, 3.63) is 65.5 Å². The van der Waals surface area contributed by atoms with Crippen LogP contribution in [0.15, 0.2) is 59.4 Å². The molecule has 0 unspecified atom stereocenters. The second kappa shape index (κ2) is 10.5. The van der Waals surface area contributed by atoms with Gasteiger partial charge in [-0.05, 0) is 48.3 Å². The molecule has 144 valence electrons. The van der Waals surface area contributed by atoms with Gasteiger partial charge in [0.15, 0.2) is 0 Å². The lowest BCUT2D eigenvalue weighted by atomic mass is 9.94. The van der Waals surface area contributed by atoms with Gasteiger partial charge in [-0.15, -0.1) is 24.8 Å². The molecule has 4 rings (SSSR count). The van der Waals surface area contributed by atoms with Gasteiger partial charge in [-0.25, -0.2) is 0 Å². The van der Waals surface area contributed by atoms with Gasteiger partial charge in [-0.1, -0.05) is 18.2 Å². The molecule has 1 fully saturated rings. The van der Waals surface area contributed by atoms with E-state index in [-0.39, 0.29) is 24.8 Å². The maximum absolute atomic E-state index is 5.50. The molecular formula is C21H25Cl2N3O. The lowest BCUT2D eigenvalue weighted by molar-refractivity contribution is 0.122. The molecule has 0 N–H and O–H groups in total. The summed E-state index contributed by atoms with van der Waals surface area (Å²) in [6.07, 6.45) is 8.20. The van der Waals surface area contributed by atoms with Gasteiger partial charge in [0.05, 0.1) is 18.9 Å². The Morgan fingerprint density at radius 2 is 1.81 bits per heavy atom. The molecule has 0 atom stereocenters. The molecule has 3 heterocycles. The standard InChI is InChI=1S/C21H23N3O.2ClH/c1-2-8-20(24-11-13-25-14-12-24)17(5-1)15-18-6-4-10-23-21(18)19-7-3-9-22-16-19;;/h1-3,5,7-9,15-16H,4,6,10-14H2;2*1H. The molecule has 0 amide bonds. The van der Waals surface area contributed by atoms with Crippen molar-refractivity contribution in [2.75, 3.05) is 37.7 Å². The maximum atomic E-state index is 5.50. The number of hydrogen-bond donors (Lipinski definition) is 0. The van der Waals surface area contributed by atoms with Gasteiger partial charge in [0.25, 0.3) is 0 Å². The first kappa shape index (κ1) is 21.4. The van der Waals surface area contributed by atoms with E-state index < -0.39 is 0 Å². The zero-order valence-corrected chi connectivity index (χ0v) is 16.8. The maximum Gasteiger partial charge on any atom is 0.0694 e. The van der Waals surface area contributed by atoms with Crippen molar-refractivity contribution in [2.45, 2.75) is 12.8 Å². The highest BCUT2D eigenvalue weighted by Crippen LogP contribution is 2.27. The fraction of sp³-hybridized carbons (Fsp3) is 0.333. The predicted octanol–water partition coefficient (Wildman–Crippen LogP) is 4.43. The Hall–Kier alpha value is -1.88. The monoisotopic (exact) mass is 405 g/mol. The number of aromatic nitrogens is 1. The minimum absolute atomic E-state index is 0. The largest absolute Gasteiger partial charge is 0.378 e. The summed E-state index contributed by atoms with van der Waals surface area (Å²) in [4.78, 5) is 11.5. The number of aliphatic imine (C=N–C) groups is 1. The van der Waals surface area contributed by atoms with Crippen molar-refractivity contribution in [2.24, 2.45) is 4.99 Å². The highest BCUT2D eigenvalue weighted by atomic mass is 35.5. The molecule has 27 heavy (non-hydrogen) atoms. The molecule has 2 aliphatic rings. The summed E-state index contributed by atoms with van der Waals surface area (Å²) in [6, 6.07) is 12.7. The van der Waals surface area contributed by atoms with Gasteiger partial charge in [0.2, 0.25) is 0 Å². The van der Waals surface area contributed by atoms with E-state index in [0.717, 1.165) is 57.0 Å². The number of rotatable bonds is 3. The number of halogens is 2. The summed E-state index contributed by atoms with van der Waals surface area (Å²) in [5.41, 5.74) is 6.06. The highest BCUT2D eigenvalue weighted by Gasteiger charge is 2.17. The third-order valence-corrected chi connectivity index (χ3v) is 4.73. The molecular weight excluding hydrogens is 381 g/mol. The van der Waals surface area contributed by atoms with Crippen LogP contribution < -0.4 is 4.90 Å². The number of allylic oxidation sites excluding steroid dienone is 1. The second-order valence-corrected chi connectivity index (χ2v) is 6.40. The average molecular weight is 406 g/mol. The number of para-hydroxylation sites is 1. The van der Waals surface area contributed by atoms with E-state index in [2.05, 4.69) is 46.3 Å². The Balaban J connectivity index is 0.00000131. The smallest absolute Gasteiger partial charge is 0.0694 e. The fourth-order valence-corrected chi connectivity index (χ4v) is 3.49. The number of anilines is 1. The fourth-order valence-electron chi connectivity index (χ4n) is 3.49. The molecule has 2 aromatic rings. The van der Waals surface area contributed by atoms with Crippen LogP contribution in [0.5, 0.6) is 0 Å². The lowest BCUT2D eigenvalue weighted by Gasteiger charge is -2.30. The van der Waals surface area contributed by atoms with Crippen molar-refractivity contribution >= 4 is 42.3 Å². The van der Waals surface area contributed by atoms with Crippen LogP contribution in [0.25, 0.3) is 6.08 Å². The van der Waals surface area contributed by atoms with Crippen LogP contribution in [0, 0.1) is 0 Å². The molecule has 0 spiro atoms. The van der Waals surface area contributed by atoms with Crippen LogP contribution in [-0.4, -0.2) is 43.5 Å². The summed E-state index contributed by atoms with van der Waals surface area (Å²) >= 11 is 0. The Labute approximate surface area is 173 Å². The van der Waals surface area contributed by atoms with E-state index in [1.54, 1.807) is 0 Å². The minimum Gasteiger partial charge on any atom is -0.378 e. The van der Waals surface area contributed by atoms with Crippen molar-refractivity contribution in [1.82, 2.24) is 4.98 Å². The van der Waals surface area contributed by atoms with E-state index in [1.807, 2.05) is 18.5 Å². The summed E-state index contributed by atoms with van der Waals surface area (Å²) < 4.78 is 5.50. The Morgan fingerprint density at radius 3 is 2.59 bits per heavy atom. The van der Waals surface area contributed by atoms with E-state index in [1.165, 1.54) is 16.8 Å². The van der Waals surface area contributed by atoms with Gasteiger partial charge in [0, 0.05) is 43.3 Å².